The first kappa shape index (κ1) is 15.9. The summed E-state index contributed by atoms with van der Waals surface area (Å²) in [5, 5.41) is 0. The van der Waals surface area contributed by atoms with E-state index in [4.69, 9.17) is 4.74 Å². The van der Waals surface area contributed by atoms with Crippen molar-refractivity contribution in [1.29, 1.82) is 0 Å². The summed E-state index contributed by atoms with van der Waals surface area (Å²) in [4.78, 5) is 11.0. The Bertz CT molecular complexity index is 609. The second kappa shape index (κ2) is 7.55. The predicted octanol–water partition coefficient (Wildman–Crippen LogP) is 3.64. The lowest BCUT2D eigenvalue weighted by Crippen LogP contribution is -2.37. The van der Waals surface area contributed by atoms with E-state index < -0.39 is 0 Å². The maximum absolute atomic E-state index is 5.86. The molecule has 2 aromatic rings. The predicted molar refractivity (Wildman–Crippen MR) is 91.4 cm³/mol. The zero-order chi connectivity index (χ0) is 16.1. The summed E-state index contributed by atoms with van der Waals surface area (Å²) in [7, 11) is 0. The minimum absolute atomic E-state index is 0.486. The third kappa shape index (κ3) is 4.08. The highest BCUT2D eigenvalue weighted by Crippen LogP contribution is 2.27. The maximum Gasteiger partial charge on any atom is 0.235 e. The molecule has 1 aliphatic rings. The second-order valence-electron chi connectivity index (χ2n) is 6.32. The fourth-order valence-electron chi connectivity index (χ4n) is 3.18. The summed E-state index contributed by atoms with van der Waals surface area (Å²) in [6.45, 7) is 7.24. The van der Waals surface area contributed by atoms with E-state index in [9.17, 15) is 0 Å². The lowest BCUT2D eigenvalue weighted by molar-refractivity contribution is 0.111. The van der Waals surface area contributed by atoms with Gasteiger partial charge in [-0.05, 0) is 51.3 Å². The Morgan fingerprint density at radius 2 is 1.83 bits per heavy atom. The van der Waals surface area contributed by atoms with Gasteiger partial charge in [-0.1, -0.05) is 30.3 Å². The van der Waals surface area contributed by atoms with Gasteiger partial charge in [0.25, 0.3) is 0 Å². The molecule has 4 heteroatoms. The molecule has 0 saturated carbocycles. The van der Waals surface area contributed by atoms with Crippen molar-refractivity contribution in [3.8, 4) is 5.88 Å². The van der Waals surface area contributed by atoms with Crippen LogP contribution in [0, 0.1) is 12.8 Å². The summed E-state index contributed by atoms with van der Waals surface area (Å²) < 4.78 is 5.86. The Morgan fingerprint density at radius 3 is 2.52 bits per heavy atom. The van der Waals surface area contributed by atoms with Crippen molar-refractivity contribution in [2.24, 2.45) is 5.92 Å². The molecule has 1 saturated heterocycles. The third-order valence-corrected chi connectivity index (χ3v) is 4.77. The van der Waals surface area contributed by atoms with Crippen LogP contribution in [-0.2, 0) is 0 Å². The molecule has 0 N–H and O–H groups in total. The zero-order valence-electron chi connectivity index (χ0n) is 14.0. The van der Waals surface area contributed by atoms with E-state index in [1.54, 1.807) is 12.4 Å². The monoisotopic (exact) mass is 311 g/mol. The van der Waals surface area contributed by atoms with Gasteiger partial charge in [0.05, 0.1) is 12.3 Å². The van der Waals surface area contributed by atoms with E-state index in [1.165, 1.54) is 18.4 Å². The van der Waals surface area contributed by atoms with E-state index in [1.807, 2.05) is 6.92 Å². The fraction of sp³-hybridized carbons (Fsp3) is 0.474. The van der Waals surface area contributed by atoms with Gasteiger partial charge in [0.2, 0.25) is 5.88 Å². The van der Waals surface area contributed by atoms with Crippen LogP contribution in [0.4, 0.5) is 0 Å². The molecule has 0 amide bonds. The molecule has 4 nitrogen and oxygen atoms in total. The highest BCUT2D eigenvalue weighted by Gasteiger charge is 2.24. The average molecular weight is 311 g/mol. The first-order valence-electron chi connectivity index (χ1n) is 8.43. The molecule has 0 radical (unpaired) electrons. The van der Waals surface area contributed by atoms with E-state index in [-0.39, 0.29) is 0 Å². The van der Waals surface area contributed by atoms with E-state index >= 15 is 0 Å². The minimum atomic E-state index is 0.486. The van der Waals surface area contributed by atoms with Gasteiger partial charge < -0.3 is 4.74 Å². The number of benzene rings is 1. The topological polar surface area (TPSA) is 38.3 Å². The molecular weight excluding hydrogens is 286 g/mol. The van der Waals surface area contributed by atoms with Gasteiger partial charge >= 0.3 is 0 Å². The van der Waals surface area contributed by atoms with Crippen molar-refractivity contribution >= 4 is 0 Å². The van der Waals surface area contributed by atoms with Gasteiger partial charge in [-0.15, -0.1) is 0 Å². The van der Waals surface area contributed by atoms with Crippen LogP contribution in [-0.4, -0.2) is 34.6 Å². The lowest BCUT2D eigenvalue weighted by Gasteiger charge is -2.36. The number of hydrogen-bond acceptors (Lipinski definition) is 4. The maximum atomic E-state index is 5.86. The third-order valence-electron chi connectivity index (χ3n) is 4.77. The van der Waals surface area contributed by atoms with Crippen molar-refractivity contribution in [3.05, 3.63) is 54.0 Å². The van der Waals surface area contributed by atoms with Crippen molar-refractivity contribution < 1.29 is 4.74 Å². The number of hydrogen-bond donors (Lipinski definition) is 0. The molecule has 1 aromatic heterocycles. The number of aromatic nitrogens is 2. The molecule has 0 aliphatic carbocycles. The van der Waals surface area contributed by atoms with Crippen molar-refractivity contribution in [2.45, 2.75) is 32.7 Å². The Morgan fingerprint density at radius 1 is 1.13 bits per heavy atom. The molecule has 1 aliphatic heterocycles. The Kier molecular flexibility index (Phi) is 5.23. The summed E-state index contributed by atoms with van der Waals surface area (Å²) in [5.41, 5.74) is 2.26. The molecule has 1 atom stereocenters. The van der Waals surface area contributed by atoms with E-state index in [2.05, 4.69) is 52.1 Å². The molecule has 122 valence electrons. The molecule has 0 bridgehead atoms. The Balaban J connectivity index is 1.48. The SMILES string of the molecule is Cc1nccnc1OCC1CCN(C(C)c2ccccc2)CC1. The highest BCUT2D eigenvalue weighted by atomic mass is 16.5. The van der Waals surface area contributed by atoms with Crippen molar-refractivity contribution in [1.82, 2.24) is 14.9 Å². The van der Waals surface area contributed by atoms with Gasteiger partial charge in [-0.2, -0.15) is 0 Å². The van der Waals surface area contributed by atoms with Crippen molar-refractivity contribution in [3.63, 3.8) is 0 Å². The largest absolute Gasteiger partial charge is 0.476 e. The molecule has 1 aromatic carbocycles. The standard InChI is InChI=1S/C19H25N3O/c1-15-19(21-11-10-20-15)23-14-17-8-12-22(13-9-17)16(2)18-6-4-3-5-7-18/h3-7,10-11,16-17H,8-9,12-14H2,1-2H3. The number of nitrogens with zero attached hydrogens (tertiary/aromatic N) is 3. The number of ether oxygens (including phenoxy) is 1. The summed E-state index contributed by atoms with van der Waals surface area (Å²) in [5.74, 6) is 1.28. The fourth-order valence-corrected chi connectivity index (χ4v) is 3.18. The molecular formula is C19H25N3O. The molecule has 0 spiro atoms. The summed E-state index contributed by atoms with van der Waals surface area (Å²) in [6, 6.07) is 11.2. The van der Waals surface area contributed by atoms with Crippen LogP contribution in [0.5, 0.6) is 5.88 Å². The van der Waals surface area contributed by atoms with Gasteiger partial charge in [-0.3, -0.25) is 9.88 Å². The molecule has 1 fully saturated rings. The quantitative estimate of drug-likeness (QED) is 0.845. The Hall–Kier alpha value is -1.94. The normalized spacial score (nSPS) is 17.8. The van der Waals surface area contributed by atoms with Gasteiger partial charge in [0.1, 0.15) is 0 Å². The lowest BCUT2D eigenvalue weighted by atomic mass is 9.95. The van der Waals surface area contributed by atoms with Gasteiger partial charge in [-0.25, -0.2) is 4.98 Å². The number of piperidine rings is 1. The van der Waals surface area contributed by atoms with Crippen LogP contribution < -0.4 is 4.74 Å². The van der Waals surface area contributed by atoms with Crippen LogP contribution in [0.2, 0.25) is 0 Å². The smallest absolute Gasteiger partial charge is 0.235 e. The first-order valence-corrected chi connectivity index (χ1v) is 8.43. The van der Waals surface area contributed by atoms with Crippen LogP contribution in [0.1, 0.15) is 37.1 Å². The van der Waals surface area contributed by atoms with Crippen LogP contribution >= 0.6 is 0 Å². The number of aryl methyl sites for hydroxylation is 1. The van der Waals surface area contributed by atoms with E-state index in [0.717, 1.165) is 25.4 Å². The summed E-state index contributed by atoms with van der Waals surface area (Å²) >= 11 is 0. The van der Waals surface area contributed by atoms with Crippen LogP contribution in [0.15, 0.2) is 42.7 Å². The highest BCUT2D eigenvalue weighted by molar-refractivity contribution is 5.18. The van der Waals surface area contributed by atoms with Gasteiger partial charge in [0.15, 0.2) is 0 Å². The van der Waals surface area contributed by atoms with Gasteiger partial charge in [0, 0.05) is 18.4 Å². The molecule has 2 heterocycles. The van der Waals surface area contributed by atoms with Crippen molar-refractivity contribution in [2.75, 3.05) is 19.7 Å². The molecule has 3 rings (SSSR count). The summed E-state index contributed by atoms with van der Waals surface area (Å²) in [6.07, 6.45) is 5.74. The average Bonchev–Trinajstić information content (AvgIpc) is 2.62. The zero-order valence-corrected chi connectivity index (χ0v) is 14.0. The molecule has 1 unspecified atom stereocenters. The second-order valence-corrected chi connectivity index (χ2v) is 6.32. The molecule has 23 heavy (non-hydrogen) atoms. The van der Waals surface area contributed by atoms with Crippen LogP contribution in [0.25, 0.3) is 0 Å². The minimum Gasteiger partial charge on any atom is -0.476 e. The van der Waals surface area contributed by atoms with Crippen LogP contribution in [0.3, 0.4) is 0 Å². The van der Waals surface area contributed by atoms with E-state index in [0.29, 0.717) is 17.8 Å². The number of rotatable bonds is 5. The number of likely N-dealkylation sites (tertiary alicyclic amines) is 1. The first-order chi connectivity index (χ1) is 11.2. The Labute approximate surface area is 138 Å².